The van der Waals surface area contributed by atoms with E-state index in [1.807, 2.05) is 24.3 Å². The third kappa shape index (κ3) is 8.56. The molecule has 0 unspecified atom stereocenters. The van der Waals surface area contributed by atoms with Crippen LogP contribution in [0.5, 0.6) is 5.75 Å². The number of nitro groups is 1. The molecule has 0 bridgehead atoms. The van der Waals surface area contributed by atoms with Gasteiger partial charge in [0.2, 0.25) is 0 Å². The molecule has 0 heterocycles. The van der Waals surface area contributed by atoms with Crippen molar-refractivity contribution in [3.05, 3.63) is 63.7 Å². The number of non-ortho nitro benzene ring substituents is 1. The van der Waals surface area contributed by atoms with Gasteiger partial charge in [-0.3, -0.25) is 14.9 Å². The molecule has 0 saturated heterocycles. The molecule has 0 aliphatic carbocycles. The van der Waals surface area contributed by atoms with Gasteiger partial charge in [0, 0.05) is 36.5 Å². The number of ether oxygens (including phenoxy) is 1. The lowest BCUT2D eigenvalue weighted by Gasteiger charge is -2.29. The van der Waals surface area contributed by atoms with Crippen molar-refractivity contribution in [2.24, 2.45) is 16.9 Å². The molecule has 0 fully saturated rings. The fourth-order valence-electron chi connectivity index (χ4n) is 3.38. The molecule has 0 radical (unpaired) electrons. The molecule has 1 N–H and O–H groups in total. The van der Waals surface area contributed by atoms with Crippen molar-refractivity contribution in [2.45, 2.75) is 41.0 Å². The summed E-state index contributed by atoms with van der Waals surface area (Å²) in [6.45, 7) is 12.0. The minimum atomic E-state index is -0.438. The van der Waals surface area contributed by atoms with Crippen molar-refractivity contribution in [3.8, 4) is 5.75 Å². The van der Waals surface area contributed by atoms with Crippen molar-refractivity contribution >= 4 is 23.5 Å². The summed E-state index contributed by atoms with van der Waals surface area (Å²) in [5.74, 6) is 1.00. The Balaban J connectivity index is 2.12. The Morgan fingerprint density at radius 3 is 2.30 bits per heavy atom. The third-order valence-corrected chi connectivity index (χ3v) is 4.83. The Morgan fingerprint density at radius 1 is 1.12 bits per heavy atom. The standard InChI is InChI=1S/C25H34N4O4/c1-6-20-7-10-23(11-8-20)33-17-25(30)27-26-14-21-13-22(29(31)32)9-12-24(21)28(15-18(2)3)16-19(4)5/h7-14,18-19H,6,15-17H2,1-5H3,(H,27,30)/b26-14+. The first-order chi connectivity index (χ1) is 15.7. The number of amides is 1. The number of hydrogen-bond donors (Lipinski definition) is 1. The first-order valence-corrected chi connectivity index (χ1v) is 11.3. The average molecular weight is 455 g/mol. The predicted molar refractivity (Wildman–Crippen MR) is 132 cm³/mol. The van der Waals surface area contributed by atoms with E-state index in [1.54, 1.807) is 6.07 Å². The van der Waals surface area contributed by atoms with Crippen molar-refractivity contribution < 1.29 is 14.5 Å². The van der Waals surface area contributed by atoms with Gasteiger partial charge in [0.15, 0.2) is 6.61 Å². The van der Waals surface area contributed by atoms with E-state index in [-0.39, 0.29) is 12.3 Å². The van der Waals surface area contributed by atoms with Gasteiger partial charge in [0.1, 0.15) is 5.75 Å². The molecule has 33 heavy (non-hydrogen) atoms. The molecule has 0 saturated carbocycles. The second kappa shape index (κ2) is 12.6. The summed E-state index contributed by atoms with van der Waals surface area (Å²) >= 11 is 0. The number of nitro benzene ring substituents is 1. The maximum absolute atomic E-state index is 12.1. The van der Waals surface area contributed by atoms with Gasteiger partial charge in [-0.05, 0) is 42.0 Å². The highest BCUT2D eigenvalue weighted by Gasteiger charge is 2.17. The van der Waals surface area contributed by atoms with E-state index in [0.717, 1.165) is 25.2 Å². The van der Waals surface area contributed by atoms with Gasteiger partial charge in [-0.25, -0.2) is 5.43 Å². The molecule has 178 valence electrons. The molecule has 0 aliphatic heterocycles. The second-order valence-electron chi connectivity index (χ2n) is 8.77. The minimum Gasteiger partial charge on any atom is -0.484 e. The number of hydrazone groups is 1. The Morgan fingerprint density at radius 2 is 1.76 bits per heavy atom. The van der Waals surface area contributed by atoms with Crippen LogP contribution < -0.4 is 15.1 Å². The summed E-state index contributed by atoms with van der Waals surface area (Å²) in [4.78, 5) is 25.2. The van der Waals surface area contributed by atoms with Crippen molar-refractivity contribution in [2.75, 3.05) is 24.6 Å². The molecule has 0 aromatic heterocycles. The van der Waals surface area contributed by atoms with Crippen molar-refractivity contribution in [3.63, 3.8) is 0 Å². The quantitative estimate of drug-likeness (QED) is 0.282. The van der Waals surface area contributed by atoms with E-state index in [9.17, 15) is 14.9 Å². The highest BCUT2D eigenvalue weighted by molar-refractivity contribution is 5.90. The van der Waals surface area contributed by atoms with Gasteiger partial charge in [0.05, 0.1) is 11.1 Å². The highest BCUT2D eigenvalue weighted by atomic mass is 16.6. The van der Waals surface area contributed by atoms with Crippen molar-refractivity contribution in [1.82, 2.24) is 5.43 Å². The zero-order valence-corrected chi connectivity index (χ0v) is 20.1. The monoisotopic (exact) mass is 454 g/mol. The van der Waals surface area contributed by atoms with Crippen LogP contribution >= 0.6 is 0 Å². The zero-order valence-electron chi connectivity index (χ0n) is 20.1. The maximum atomic E-state index is 12.1. The van der Waals surface area contributed by atoms with Crippen LogP contribution in [0.1, 0.15) is 45.7 Å². The normalized spacial score (nSPS) is 11.2. The molecule has 2 rings (SSSR count). The number of aryl methyl sites for hydroxylation is 1. The predicted octanol–water partition coefficient (Wildman–Crippen LogP) is 4.80. The summed E-state index contributed by atoms with van der Waals surface area (Å²) in [5.41, 5.74) is 5.01. The molecule has 8 nitrogen and oxygen atoms in total. The van der Waals surface area contributed by atoms with E-state index in [0.29, 0.717) is 23.1 Å². The van der Waals surface area contributed by atoms with E-state index in [2.05, 4.69) is 50.0 Å². The van der Waals surface area contributed by atoms with E-state index < -0.39 is 10.8 Å². The molecule has 0 spiro atoms. The number of anilines is 1. The van der Waals surface area contributed by atoms with E-state index >= 15 is 0 Å². The molecule has 0 atom stereocenters. The van der Waals surface area contributed by atoms with Crippen LogP contribution in [0, 0.1) is 22.0 Å². The van der Waals surface area contributed by atoms with Gasteiger partial charge in [-0.15, -0.1) is 0 Å². The molecule has 2 aromatic rings. The van der Waals surface area contributed by atoms with Gasteiger partial charge < -0.3 is 9.64 Å². The minimum absolute atomic E-state index is 0.0283. The smallest absolute Gasteiger partial charge is 0.277 e. The van der Waals surface area contributed by atoms with Crippen LogP contribution in [-0.2, 0) is 11.2 Å². The first kappa shape index (κ1) is 25.8. The molecular weight excluding hydrogens is 420 g/mol. The largest absolute Gasteiger partial charge is 0.484 e. The second-order valence-corrected chi connectivity index (χ2v) is 8.77. The summed E-state index contributed by atoms with van der Waals surface area (Å²) in [6.07, 6.45) is 2.38. The molecular formula is C25H34N4O4. The lowest BCUT2D eigenvalue weighted by atomic mass is 10.1. The SMILES string of the molecule is CCc1ccc(OCC(=O)N/N=C/c2cc([N+](=O)[O-])ccc2N(CC(C)C)CC(C)C)cc1. The van der Waals surface area contributed by atoms with Gasteiger partial charge in [0.25, 0.3) is 11.6 Å². The lowest BCUT2D eigenvalue weighted by molar-refractivity contribution is -0.384. The van der Waals surface area contributed by atoms with Gasteiger partial charge in [-0.2, -0.15) is 5.10 Å². The topological polar surface area (TPSA) is 97.1 Å². The summed E-state index contributed by atoms with van der Waals surface area (Å²) in [6, 6.07) is 12.3. The van der Waals surface area contributed by atoms with Crippen LogP contribution in [0.25, 0.3) is 0 Å². The van der Waals surface area contributed by atoms with E-state index in [4.69, 9.17) is 4.74 Å². The molecule has 2 aromatic carbocycles. The highest BCUT2D eigenvalue weighted by Crippen LogP contribution is 2.26. The Kier molecular flexibility index (Phi) is 9.84. The maximum Gasteiger partial charge on any atom is 0.277 e. The lowest BCUT2D eigenvalue weighted by Crippen LogP contribution is -2.32. The fourth-order valence-corrected chi connectivity index (χ4v) is 3.38. The Labute approximate surface area is 195 Å². The number of hydrogen-bond acceptors (Lipinski definition) is 6. The average Bonchev–Trinajstić information content (AvgIpc) is 2.76. The number of nitrogens with one attached hydrogen (secondary N) is 1. The van der Waals surface area contributed by atoms with Crippen LogP contribution in [0.2, 0.25) is 0 Å². The van der Waals surface area contributed by atoms with Crippen LogP contribution in [0.15, 0.2) is 47.6 Å². The van der Waals surface area contributed by atoms with Crippen LogP contribution in [0.4, 0.5) is 11.4 Å². The molecule has 1 amide bonds. The van der Waals surface area contributed by atoms with Gasteiger partial charge >= 0.3 is 0 Å². The number of benzene rings is 2. The van der Waals surface area contributed by atoms with E-state index in [1.165, 1.54) is 23.9 Å². The Bertz CT molecular complexity index is 945. The van der Waals surface area contributed by atoms with Crippen LogP contribution in [0.3, 0.4) is 0 Å². The Hall–Kier alpha value is -3.42. The number of carbonyl (C=O) groups excluding carboxylic acids is 1. The number of carbonyl (C=O) groups is 1. The first-order valence-electron chi connectivity index (χ1n) is 11.3. The van der Waals surface area contributed by atoms with Gasteiger partial charge in [-0.1, -0.05) is 46.8 Å². The van der Waals surface area contributed by atoms with Crippen LogP contribution in [-0.4, -0.2) is 36.7 Å². The number of nitrogens with zero attached hydrogens (tertiary/aromatic N) is 3. The summed E-state index contributed by atoms with van der Waals surface area (Å²) < 4.78 is 5.49. The summed E-state index contributed by atoms with van der Waals surface area (Å²) in [5, 5.41) is 15.3. The fraction of sp³-hybridized carbons (Fsp3) is 0.440. The zero-order chi connectivity index (χ0) is 24.4. The third-order valence-electron chi connectivity index (χ3n) is 4.83. The molecule has 0 aliphatic rings. The number of rotatable bonds is 12. The van der Waals surface area contributed by atoms with Crippen molar-refractivity contribution in [1.29, 1.82) is 0 Å². The summed E-state index contributed by atoms with van der Waals surface area (Å²) in [7, 11) is 0. The molecule has 8 heteroatoms.